The van der Waals surface area contributed by atoms with Crippen LogP contribution in [0.15, 0.2) is 48.5 Å². The van der Waals surface area contributed by atoms with Gasteiger partial charge in [0.25, 0.3) is 0 Å². The number of halogens is 2. The van der Waals surface area contributed by atoms with Gasteiger partial charge in [-0.15, -0.1) is 0 Å². The van der Waals surface area contributed by atoms with Gasteiger partial charge in [0.2, 0.25) is 0 Å². The summed E-state index contributed by atoms with van der Waals surface area (Å²) in [6.45, 7) is 2.25. The summed E-state index contributed by atoms with van der Waals surface area (Å²) in [4.78, 5) is 0. The summed E-state index contributed by atoms with van der Waals surface area (Å²) >= 11 is 0. The molecule has 0 amide bonds. The van der Waals surface area contributed by atoms with E-state index in [1.807, 2.05) is 12.1 Å². The number of unbranched alkanes of at least 4 members (excludes halogenated alkanes) is 4. The molecule has 0 aliphatic heterocycles. The highest BCUT2D eigenvalue weighted by atomic mass is 19.1. The number of hydrogen-bond donors (Lipinski definition) is 0. The summed E-state index contributed by atoms with van der Waals surface area (Å²) < 4.78 is 27.9. The molecular weight excluding hydrogens is 338 g/mol. The van der Waals surface area contributed by atoms with Crippen molar-refractivity contribution in [3.8, 4) is 0 Å². The van der Waals surface area contributed by atoms with Gasteiger partial charge in [-0.1, -0.05) is 69.7 Å². The van der Waals surface area contributed by atoms with Gasteiger partial charge in [-0.3, -0.25) is 0 Å². The van der Waals surface area contributed by atoms with E-state index in [4.69, 9.17) is 0 Å². The molecule has 0 N–H and O–H groups in total. The highest BCUT2D eigenvalue weighted by molar-refractivity contribution is 5.40. The molecule has 1 aliphatic carbocycles. The second-order valence-electron chi connectivity index (χ2n) is 8.25. The van der Waals surface area contributed by atoms with E-state index in [0.29, 0.717) is 0 Å². The van der Waals surface area contributed by atoms with Crippen molar-refractivity contribution in [1.82, 2.24) is 0 Å². The first-order valence-electron chi connectivity index (χ1n) is 10.7. The van der Waals surface area contributed by atoms with Crippen molar-refractivity contribution in [1.29, 1.82) is 0 Å². The van der Waals surface area contributed by atoms with Crippen molar-refractivity contribution < 1.29 is 8.78 Å². The zero-order valence-electron chi connectivity index (χ0n) is 16.5. The Bertz CT molecular complexity index is 666. The molecule has 2 aromatic rings. The molecule has 27 heavy (non-hydrogen) atoms. The Labute approximate surface area is 163 Å². The van der Waals surface area contributed by atoms with Crippen LogP contribution in [0.25, 0.3) is 0 Å². The van der Waals surface area contributed by atoms with Crippen molar-refractivity contribution in [3.05, 3.63) is 71.3 Å². The first kappa shape index (κ1) is 20.0. The average molecular weight is 371 g/mol. The van der Waals surface area contributed by atoms with Gasteiger partial charge in [0.1, 0.15) is 11.6 Å². The first-order chi connectivity index (χ1) is 13.1. The summed E-state index contributed by atoms with van der Waals surface area (Å²) in [5.74, 6) is 0.338. The molecule has 0 nitrogen and oxygen atoms in total. The Balaban J connectivity index is 1.74. The maximum atomic E-state index is 14.0. The highest BCUT2D eigenvalue weighted by Crippen LogP contribution is 2.47. The highest BCUT2D eigenvalue weighted by Gasteiger charge is 2.38. The van der Waals surface area contributed by atoms with Crippen LogP contribution >= 0.6 is 0 Å². The van der Waals surface area contributed by atoms with Crippen molar-refractivity contribution >= 4 is 0 Å². The van der Waals surface area contributed by atoms with E-state index >= 15 is 0 Å². The molecule has 0 spiro atoms. The second kappa shape index (κ2) is 9.48. The summed E-state index contributed by atoms with van der Waals surface area (Å²) in [6.07, 6.45) is 12.1. The molecule has 1 fully saturated rings. The fourth-order valence-corrected chi connectivity index (χ4v) is 4.81. The normalized spacial score (nSPS) is 17.1. The maximum absolute atomic E-state index is 14.0. The Hall–Kier alpha value is -1.70. The van der Waals surface area contributed by atoms with Crippen LogP contribution in [0, 0.1) is 17.6 Å². The first-order valence-corrected chi connectivity index (χ1v) is 10.7. The maximum Gasteiger partial charge on any atom is 0.123 e. The smallest absolute Gasteiger partial charge is 0.123 e. The van der Waals surface area contributed by atoms with E-state index in [1.165, 1.54) is 50.7 Å². The van der Waals surface area contributed by atoms with Crippen LogP contribution in [0.4, 0.5) is 8.78 Å². The van der Waals surface area contributed by atoms with E-state index in [9.17, 15) is 8.78 Å². The summed E-state index contributed by atoms with van der Waals surface area (Å²) in [6, 6.07) is 13.9. The fraction of sp³-hybridized carbons (Fsp3) is 0.520. The minimum absolute atomic E-state index is 0.207. The SMILES string of the molecule is CCCCCCCC1CCC(c2cccc(F)c2)(c2cccc(F)c2)CC1. The van der Waals surface area contributed by atoms with E-state index in [1.54, 1.807) is 24.3 Å². The van der Waals surface area contributed by atoms with Gasteiger partial charge in [-0.25, -0.2) is 8.78 Å². The quantitative estimate of drug-likeness (QED) is 0.416. The predicted molar refractivity (Wildman–Crippen MR) is 109 cm³/mol. The molecule has 0 bridgehead atoms. The predicted octanol–water partition coefficient (Wildman–Crippen LogP) is 7.80. The van der Waals surface area contributed by atoms with Crippen LogP contribution < -0.4 is 0 Å². The zero-order valence-corrected chi connectivity index (χ0v) is 16.5. The van der Waals surface area contributed by atoms with Gasteiger partial charge in [-0.05, 0) is 67.0 Å². The van der Waals surface area contributed by atoms with Gasteiger partial charge in [0.15, 0.2) is 0 Å². The topological polar surface area (TPSA) is 0 Å². The molecule has 1 aliphatic rings. The summed E-state index contributed by atoms with van der Waals surface area (Å²) in [7, 11) is 0. The van der Waals surface area contributed by atoms with E-state index in [-0.39, 0.29) is 17.0 Å². The monoisotopic (exact) mass is 370 g/mol. The third kappa shape index (κ3) is 4.97. The minimum atomic E-state index is -0.261. The lowest BCUT2D eigenvalue weighted by Gasteiger charge is -2.41. The van der Waals surface area contributed by atoms with Crippen molar-refractivity contribution in [2.75, 3.05) is 0 Å². The molecule has 2 aromatic carbocycles. The standard InChI is InChI=1S/C25H32F2/c1-2-3-4-5-6-9-20-14-16-25(17-15-20,21-10-7-12-23(26)18-21)22-11-8-13-24(27)19-22/h7-8,10-13,18-20H,2-6,9,14-17H2,1H3. The Kier molecular flexibility index (Phi) is 7.04. The Morgan fingerprint density at radius 1 is 0.815 bits per heavy atom. The molecule has 0 radical (unpaired) electrons. The van der Waals surface area contributed by atoms with E-state index in [2.05, 4.69) is 6.92 Å². The Morgan fingerprint density at radius 2 is 1.37 bits per heavy atom. The molecule has 3 rings (SSSR count). The third-order valence-electron chi connectivity index (χ3n) is 6.43. The second-order valence-corrected chi connectivity index (χ2v) is 8.25. The van der Waals surface area contributed by atoms with Gasteiger partial charge >= 0.3 is 0 Å². The molecule has 146 valence electrons. The number of hydrogen-bond acceptors (Lipinski definition) is 0. The Morgan fingerprint density at radius 3 is 1.89 bits per heavy atom. The van der Waals surface area contributed by atoms with Gasteiger partial charge in [0, 0.05) is 5.41 Å². The average Bonchev–Trinajstić information content (AvgIpc) is 2.68. The largest absolute Gasteiger partial charge is 0.207 e. The van der Waals surface area contributed by atoms with Crippen LogP contribution in [-0.2, 0) is 5.41 Å². The van der Waals surface area contributed by atoms with Gasteiger partial charge in [0.05, 0.1) is 0 Å². The van der Waals surface area contributed by atoms with Crippen molar-refractivity contribution in [2.45, 2.75) is 76.5 Å². The van der Waals surface area contributed by atoms with E-state index < -0.39 is 0 Å². The van der Waals surface area contributed by atoms with Crippen LogP contribution in [0.2, 0.25) is 0 Å². The molecular formula is C25H32F2. The van der Waals surface area contributed by atoms with Crippen LogP contribution in [0.3, 0.4) is 0 Å². The zero-order chi connectivity index (χ0) is 19.1. The van der Waals surface area contributed by atoms with E-state index in [0.717, 1.165) is 42.7 Å². The lowest BCUT2D eigenvalue weighted by molar-refractivity contribution is 0.249. The minimum Gasteiger partial charge on any atom is -0.207 e. The fourth-order valence-electron chi connectivity index (χ4n) is 4.81. The molecule has 0 atom stereocenters. The molecule has 0 heterocycles. The van der Waals surface area contributed by atoms with Crippen molar-refractivity contribution in [3.63, 3.8) is 0 Å². The van der Waals surface area contributed by atoms with Crippen LogP contribution in [0.5, 0.6) is 0 Å². The molecule has 0 aromatic heterocycles. The lowest BCUT2D eigenvalue weighted by atomic mass is 9.62. The third-order valence-corrected chi connectivity index (χ3v) is 6.43. The van der Waals surface area contributed by atoms with Crippen LogP contribution in [-0.4, -0.2) is 0 Å². The lowest BCUT2D eigenvalue weighted by Crippen LogP contribution is -2.33. The van der Waals surface area contributed by atoms with Crippen molar-refractivity contribution in [2.24, 2.45) is 5.92 Å². The van der Waals surface area contributed by atoms with Gasteiger partial charge in [-0.2, -0.15) is 0 Å². The van der Waals surface area contributed by atoms with Crippen LogP contribution in [0.1, 0.15) is 82.3 Å². The summed E-state index contributed by atoms with van der Waals surface area (Å²) in [5, 5.41) is 0. The van der Waals surface area contributed by atoms with Gasteiger partial charge < -0.3 is 0 Å². The molecule has 0 saturated heterocycles. The molecule has 1 saturated carbocycles. The number of benzene rings is 2. The number of rotatable bonds is 8. The molecule has 0 unspecified atom stereocenters. The molecule has 2 heteroatoms. The summed E-state index contributed by atoms with van der Waals surface area (Å²) in [5.41, 5.74) is 1.73.